The van der Waals surface area contributed by atoms with Crippen LogP contribution in [0.2, 0.25) is 0 Å². The van der Waals surface area contributed by atoms with Gasteiger partial charge in [0.25, 0.3) is 0 Å². The minimum absolute atomic E-state index is 0.122. The van der Waals surface area contributed by atoms with E-state index in [2.05, 4.69) is 0 Å². The fourth-order valence-electron chi connectivity index (χ4n) is 1.21. The molecule has 0 aliphatic heterocycles. The summed E-state index contributed by atoms with van der Waals surface area (Å²) in [4.78, 5) is 0. The number of methoxy groups -OCH3 is 1. The first kappa shape index (κ1) is 8.19. The van der Waals surface area contributed by atoms with E-state index in [-0.39, 0.29) is 5.75 Å². The summed E-state index contributed by atoms with van der Waals surface area (Å²) < 4.78 is 6.11. The number of benzene rings is 1. The lowest BCUT2D eigenvalue weighted by Gasteiger charge is -2.00. The molecule has 3 nitrogen and oxygen atoms in total. The predicted molar refractivity (Wildman–Crippen MR) is 54.5 cm³/mol. The van der Waals surface area contributed by atoms with Gasteiger partial charge in [0.05, 0.1) is 12.8 Å². The molecule has 3 N–H and O–H groups in total. The Bertz CT molecular complexity index is 450. The molecule has 2 aromatic rings. The third-order valence-electron chi connectivity index (χ3n) is 1.91. The summed E-state index contributed by atoms with van der Waals surface area (Å²) in [5.74, 6) is 0.920. The number of fused-ring (bicyclic) bond motifs is 1. The third kappa shape index (κ3) is 1.19. The van der Waals surface area contributed by atoms with Gasteiger partial charge in [0.2, 0.25) is 0 Å². The molecule has 68 valence electrons. The summed E-state index contributed by atoms with van der Waals surface area (Å²) in [6, 6.07) is 3.37. The highest BCUT2D eigenvalue weighted by molar-refractivity contribution is 7.17. The number of ether oxygens (including phenoxy) is 1. The van der Waals surface area contributed by atoms with E-state index in [0.29, 0.717) is 5.69 Å². The van der Waals surface area contributed by atoms with Crippen molar-refractivity contribution in [2.24, 2.45) is 0 Å². The van der Waals surface area contributed by atoms with Crippen molar-refractivity contribution in [3.63, 3.8) is 0 Å². The zero-order chi connectivity index (χ0) is 9.42. The molecule has 1 heterocycles. The molecule has 0 bridgehead atoms. The molecule has 0 fully saturated rings. The topological polar surface area (TPSA) is 55.5 Å². The summed E-state index contributed by atoms with van der Waals surface area (Å²) in [5, 5.41) is 12.2. The van der Waals surface area contributed by atoms with Crippen molar-refractivity contribution in [2.45, 2.75) is 0 Å². The third-order valence-corrected chi connectivity index (χ3v) is 2.83. The van der Waals surface area contributed by atoms with Crippen LogP contribution in [0.5, 0.6) is 11.5 Å². The SMILES string of the molecule is COc1csc2cc(O)c(N)cc12. The Balaban J connectivity index is 2.77. The number of anilines is 1. The van der Waals surface area contributed by atoms with Gasteiger partial charge < -0.3 is 15.6 Å². The van der Waals surface area contributed by atoms with Gasteiger partial charge >= 0.3 is 0 Å². The van der Waals surface area contributed by atoms with Gasteiger partial charge in [-0.2, -0.15) is 0 Å². The lowest BCUT2D eigenvalue weighted by Crippen LogP contribution is -1.85. The molecule has 0 aliphatic rings. The van der Waals surface area contributed by atoms with Crippen LogP contribution in [0, 0.1) is 0 Å². The first-order valence-corrected chi connectivity index (χ1v) is 4.64. The molecular formula is C9H9NO2S. The molecule has 1 aromatic heterocycles. The molecule has 1 aromatic carbocycles. The van der Waals surface area contributed by atoms with Gasteiger partial charge in [0.1, 0.15) is 11.5 Å². The fraction of sp³-hybridized carbons (Fsp3) is 0.111. The molecule has 13 heavy (non-hydrogen) atoms. The number of phenolic OH excluding ortho intramolecular Hbond substituents is 1. The Labute approximate surface area is 79.4 Å². The number of nitrogens with two attached hydrogens (primary N) is 1. The Morgan fingerprint density at radius 2 is 2.23 bits per heavy atom. The number of aromatic hydroxyl groups is 1. The highest BCUT2D eigenvalue weighted by Crippen LogP contribution is 2.37. The van der Waals surface area contributed by atoms with Crippen LogP contribution in [0.25, 0.3) is 10.1 Å². The summed E-state index contributed by atoms with van der Waals surface area (Å²) in [6.07, 6.45) is 0. The number of hydrogen-bond acceptors (Lipinski definition) is 4. The van der Waals surface area contributed by atoms with Crippen molar-refractivity contribution in [3.05, 3.63) is 17.5 Å². The van der Waals surface area contributed by atoms with Crippen LogP contribution in [0.4, 0.5) is 5.69 Å². The smallest absolute Gasteiger partial charge is 0.139 e. The first-order chi connectivity index (χ1) is 6.22. The van der Waals surface area contributed by atoms with E-state index < -0.39 is 0 Å². The lowest BCUT2D eigenvalue weighted by atomic mass is 10.2. The number of rotatable bonds is 1. The zero-order valence-electron chi connectivity index (χ0n) is 7.07. The second-order valence-electron chi connectivity index (χ2n) is 2.71. The standard InChI is InChI=1S/C9H9NO2S/c1-12-8-4-13-9-3-7(11)6(10)2-5(8)9/h2-4,11H,10H2,1H3. The molecule has 0 amide bonds. The van der Waals surface area contributed by atoms with Gasteiger partial charge in [-0.15, -0.1) is 11.3 Å². The van der Waals surface area contributed by atoms with Crippen LogP contribution in [0.3, 0.4) is 0 Å². The van der Waals surface area contributed by atoms with Crippen molar-refractivity contribution in [1.82, 2.24) is 0 Å². The second kappa shape index (κ2) is 2.81. The maximum absolute atomic E-state index is 9.34. The van der Waals surface area contributed by atoms with Crippen LogP contribution >= 0.6 is 11.3 Å². The summed E-state index contributed by atoms with van der Waals surface area (Å²) in [5.41, 5.74) is 5.95. The lowest BCUT2D eigenvalue weighted by molar-refractivity contribution is 0.421. The average molecular weight is 195 g/mol. The largest absolute Gasteiger partial charge is 0.506 e. The van der Waals surface area contributed by atoms with Gasteiger partial charge in [-0.3, -0.25) is 0 Å². The number of phenols is 1. The molecule has 0 radical (unpaired) electrons. The molecule has 0 saturated carbocycles. The Morgan fingerprint density at radius 3 is 2.92 bits per heavy atom. The van der Waals surface area contributed by atoms with E-state index in [1.54, 1.807) is 19.2 Å². The highest BCUT2D eigenvalue weighted by atomic mass is 32.1. The summed E-state index contributed by atoms with van der Waals surface area (Å²) >= 11 is 1.52. The summed E-state index contributed by atoms with van der Waals surface area (Å²) in [6.45, 7) is 0. The monoisotopic (exact) mass is 195 g/mol. The van der Waals surface area contributed by atoms with Crippen molar-refractivity contribution in [2.75, 3.05) is 12.8 Å². The van der Waals surface area contributed by atoms with Crippen LogP contribution in [-0.2, 0) is 0 Å². The Kier molecular flexibility index (Phi) is 1.77. The second-order valence-corrected chi connectivity index (χ2v) is 3.62. The predicted octanol–water partition coefficient (Wildman–Crippen LogP) is 2.20. The number of hydrogen-bond donors (Lipinski definition) is 2. The van der Waals surface area contributed by atoms with E-state index in [0.717, 1.165) is 15.8 Å². The van der Waals surface area contributed by atoms with Gasteiger partial charge in [0, 0.05) is 15.5 Å². The molecule has 0 atom stereocenters. The summed E-state index contributed by atoms with van der Waals surface area (Å²) in [7, 11) is 1.62. The Morgan fingerprint density at radius 1 is 1.46 bits per heavy atom. The minimum Gasteiger partial charge on any atom is -0.506 e. The molecule has 4 heteroatoms. The molecule has 0 aliphatic carbocycles. The molecule has 0 spiro atoms. The molecule has 0 unspecified atom stereocenters. The normalized spacial score (nSPS) is 10.5. The van der Waals surface area contributed by atoms with Crippen LogP contribution in [-0.4, -0.2) is 12.2 Å². The van der Waals surface area contributed by atoms with E-state index in [9.17, 15) is 5.11 Å². The maximum atomic E-state index is 9.34. The number of nitrogen functional groups attached to an aromatic ring is 1. The molecular weight excluding hydrogens is 186 g/mol. The first-order valence-electron chi connectivity index (χ1n) is 3.76. The van der Waals surface area contributed by atoms with E-state index in [1.807, 2.05) is 5.38 Å². The highest BCUT2D eigenvalue weighted by Gasteiger charge is 2.07. The van der Waals surface area contributed by atoms with Crippen LogP contribution in [0.15, 0.2) is 17.5 Å². The van der Waals surface area contributed by atoms with Gasteiger partial charge in [0.15, 0.2) is 0 Å². The zero-order valence-corrected chi connectivity index (χ0v) is 7.89. The van der Waals surface area contributed by atoms with Gasteiger partial charge in [-0.05, 0) is 12.1 Å². The maximum Gasteiger partial charge on any atom is 0.139 e. The Hall–Kier alpha value is -1.42. The molecule has 0 saturated heterocycles. The molecule has 2 rings (SSSR count). The fourth-order valence-corrected chi connectivity index (χ4v) is 2.14. The van der Waals surface area contributed by atoms with Gasteiger partial charge in [-0.1, -0.05) is 0 Å². The van der Waals surface area contributed by atoms with Crippen molar-refractivity contribution in [3.8, 4) is 11.5 Å². The quantitative estimate of drug-likeness (QED) is 0.541. The van der Waals surface area contributed by atoms with Crippen LogP contribution in [0.1, 0.15) is 0 Å². The van der Waals surface area contributed by atoms with Gasteiger partial charge in [-0.25, -0.2) is 0 Å². The van der Waals surface area contributed by atoms with Crippen molar-refractivity contribution in [1.29, 1.82) is 0 Å². The van der Waals surface area contributed by atoms with E-state index >= 15 is 0 Å². The van der Waals surface area contributed by atoms with Crippen molar-refractivity contribution < 1.29 is 9.84 Å². The average Bonchev–Trinajstić information content (AvgIpc) is 2.48. The van der Waals surface area contributed by atoms with E-state index in [1.165, 1.54) is 11.3 Å². The van der Waals surface area contributed by atoms with Crippen molar-refractivity contribution >= 4 is 27.1 Å². The number of thiophene rings is 1. The van der Waals surface area contributed by atoms with Crippen LogP contribution < -0.4 is 10.5 Å². The minimum atomic E-state index is 0.122. The van der Waals surface area contributed by atoms with E-state index in [4.69, 9.17) is 10.5 Å².